The Balaban J connectivity index is 1.27. The Morgan fingerprint density at radius 2 is 1.88 bits per heavy atom. The van der Waals surface area contributed by atoms with E-state index in [1.165, 1.54) is 13.0 Å². The fourth-order valence-corrected chi connectivity index (χ4v) is 4.41. The van der Waals surface area contributed by atoms with Crippen LogP contribution in [0.4, 0.5) is 5.69 Å². The van der Waals surface area contributed by atoms with E-state index in [0.29, 0.717) is 28.6 Å². The number of halogens is 1. The molecular weight excluding hydrogens is 452 g/mol. The zero-order valence-electron chi connectivity index (χ0n) is 19.5. The monoisotopic (exact) mass is 482 g/mol. The van der Waals surface area contributed by atoms with Gasteiger partial charge in [0.1, 0.15) is 0 Å². The van der Waals surface area contributed by atoms with E-state index in [1.54, 1.807) is 36.4 Å². The lowest BCUT2D eigenvalue weighted by molar-refractivity contribution is -0.115. The number of amides is 2. The highest BCUT2D eigenvalue weighted by Gasteiger charge is 2.23. The molecule has 2 aromatic rings. The van der Waals surface area contributed by atoms with Crippen molar-refractivity contribution in [3.05, 3.63) is 64.4 Å². The van der Waals surface area contributed by atoms with Gasteiger partial charge < -0.3 is 25.2 Å². The quantitative estimate of drug-likeness (QED) is 0.441. The van der Waals surface area contributed by atoms with Crippen molar-refractivity contribution in [1.29, 1.82) is 0 Å². The van der Waals surface area contributed by atoms with Crippen LogP contribution in [0.2, 0.25) is 5.02 Å². The first-order valence-electron chi connectivity index (χ1n) is 11.9. The second-order valence-electron chi connectivity index (χ2n) is 8.62. The molecule has 0 saturated carbocycles. The van der Waals surface area contributed by atoms with Gasteiger partial charge >= 0.3 is 0 Å². The van der Waals surface area contributed by atoms with Crippen molar-refractivity contribution in [2.45, 2.75) is 19.8 Å². The Labute approximate surface area is 205 Å². The summed E-state index contributed by atoms with van der Waals surface area (Å²) in [6.45, 7) is 9.42. The van der Waals surface area contributed by atoms with Gasteiger partial charge in [0.05, 0.1) is 5.69 Å². The van der Waals surface area contributed by atoms with Crippen LogP contribution < -0.4 is 15.4 Å². The molecule has 4 rings (SSSR count). The van der Waals surface area contributed by atoms with Crippen molar-refractivity contribution < 1.29 is 14.3 Å². The average Bonchev–Trinajstić information content (AvgIpc) is 2.83. The standard InChI is InChI=1S/C26H31ClN4O3/c1-2-10-30-12-14-31(15-13-30)11-4-9-28-25(32)20-7-8-23-22(18-20)29-26(33)24(34-23)17-19-5-3-6-21(27)16-19/h3,5-8,16-18H,2,4,9-15H2,1H3,(H,28,32)(H,29,33)/b24-17-. The fourth-order valence-electron chi connectivity index (χ4n) is 4.21. The minimum atomic E-state index is -0.371. The van der Waals surface area contributed by atoms with Gasteiger partial charge in [0.25, 0.3) is 11.8 Å². The Hall–Kier alpha value is -2.87. The predicted molar refractivity (Wildman–Crippen MR) is 135 cm³/mol. The molecule has 1 saturated heterocycles. The van der Waals surface area contributed by atoms with Crippen molar-refractivity contribution in [2.75, 3.05) is 51.1 Å². The number of piperazine rings is 1. The molecule has 2 N–H and O–H groups in total. The number of ether oxygens (including phenoxy) is 1. The van der Waals surface area contributed by atoms with Crippen molar-refractivity contribution in [2.24, 2.45) is 0 Å². The van der Waals surface area contributed by atoms with Crippen LogP contribution in [-0.4, -0.2) is 67.4 Å². The first-order valence-corrected chi connectivity index (χ1v) is 12.2. The molecule has 2 aliphatic heterocycles. The van der Waals surface area contributed by atoms with Crippen LogP contribution in [0.25, 0.3) is 6.08 Å². The first-order chi connectivity index (χ1) is 16.5. The van der Waals surface area contributed by atoms with Crippen LogP contribution in [-0.2, 0) is 4.79 Å². The molecule has 2 amide bonds. The molecule has 0 radical (unpaired) electrons. The molecule has 7 nitrogen and oxygen atoms in total. The van der Waals surface area contributed by atoms with Gasteiger partial charge in [-0.05, 0) is 67.9 Å². The summed E-state index contributed by atoms with van der Waals surface area (Å²) in [5.74, 6) is 0.128. The van der Waals surface area contributed by atoms with E-state index >= 15 is 0 Å². The Kier molecular flexibility index (Phi) is 8.21. The maximum atomic E-state index is 12.6. The molecule has 8 heteroatoms. The lowest BCUT2D eigenvalue weighted by Gasteiger charge is -2.34. The fraction of sp³-hybridized carbons (Fsp3) is 0.385. The zero-order valence-corrected chi connectivity index (χ0v) is 20.2. The second-order valence-corrected chi connectivity index (χ2v) is 9.06. The highest BCUT2D eigenvalue weighted by molar-refractivity contribution is 6.30. The lowest BCUT2D eigenvalue weighted by atomic mass is 10.1. The van der Waals surface area contributed by atoms with E-state index in [9.17, 15) is 9.59 Å². The molecule has 1 fully saturated rings. The van der Waals surface area contributed by atoms with Crippen LogP contribution in [0.15, 0.2) is 48.2 Å². The smallest absolute Gasteiger partial charge is 0.291 e. The van der Waals surface area contributed by atoms with Crippen LogP contribution in [0.5, 0.6) is 5.75 Å². The van der Waals surface area contributed by atoms with Gasteiger partial charge in [-0.3, -0.25) is 9.59 Å². The van der Waals surface area contributed by atoms with Gasteiger partial charge in [-0.25, -0.2) is 0 Å². The molecule has 2 aromatic carbocycles. The van der Waals surface area contributed by atoms with Crippen molar-refractivity contribution >= 4 is 35.2 Å². The summed E-state index contributed by atoms with van der Waals surface area (Å²) >= 11 is 6.02. The molecule has 34 heavy (non-hydrogen) atoms. The number of hydrogen-bond donors (Lipinski definition) is 2. The SMILES string of the molecule is CCCN1CCN(CCCNC(=O)c2ccc3c(c2)NC(=O)/C(=C/c2cccc(Cl)c2)O3)CC1. The van der Waals surface area contributed by atoms with E-state index < -0.39 is 0 Å². The third-order valence-corrected chi connectivity index (χ3v) is 6.26. The number of fused-ring (bicyclic) bond motifs is 1. The molecule has 2 heterocycles. The van der Waals surface area contributed by atoms with E-state index in [2.05, 4.69) is 27.4 Å². The molecule has 180 valence electrons. The topological polar surface area (TPSA) is 73.9 Å². The Bertz CT molecular complexity index is 1060. The molecule has 0 aromatic heterocycles. The van der Waals surface area contributed by atoms with Crippen LogP contribution in [0.1, 0.15) is 35.7 Å². The molecule has 0 bridgehead atoms. The molecule has 0 atom stereocenters. The minimum Gasteiger partial charge on any atom is -0.449 e. The predicted octanol–water partition coefficient (Wildman–Crippen LogP) is 3.86. The summed E-state index contributed by atoms with van der Waals surface area (Å²) in [4.78, 5) is 30.1. The number of nitrogens with zero attached hydrogens (tertiary/aromatic N) is 2. The van der Waals surface area contributed by atoms with E-state index in [1.807, 2.05) is 12.1 Å². The maximum absolute atomic E-state index is 12.6. The number of carbonyl (C=O) groups is 2. The molecule has 0 unspecified atom stereocenters. The van der Waals surface area contributed by atoms with Gasteiger partial charge in [-0.15, -0.1) is 0 Å². The first kappa shape index (κ1) is 24.3. The number of benzene rings is 2. The van der Waals surface area contributed by atoms with E-state index in [4.69, 9.17) is 16.3 Å². The molecule has 0 spiro atoms. The van der Waals surface area contributed by atoms with Gasteiger partial charge in [-0.2, -0.15) is 0 Å². The van der Waals surface area contributed by atoms with E-state index in [-0.39, 0.29) is 17.6 Å². The Morgan fingerprint density at radius 1 is 1.12 bits per heavy atom. The highest BCUT2D eigenvalue weighted by Crippen LogP contribution is 2.32. The normalized spacial score (nSPS) is 17.7. The summed E-state index contributed by atoms with van der Waals surface area (Å²) < 4.78 is 5.78. The number of rotatable bonds is 8. The van der Waals surface area contributed by atoms with Crippen LogP contribution in [0.3, 0.4) is 0 Å². The zero-order chi connectivity index (χ0) is 23.9. The van der Waals surface area contributed by atoms with Crippen molar-refractivity contribution in [1.82, 2.24) is 15.1 Å². The third-order valence-electron chi connectivity index (χ3n) is 6.02. The van der Waals surface area contributed by atoms with Crippen LogP contribution in [0, 0.1) is 0 Å². The molecule has 0 aliphatic carbocycles. The minimum absolute atomic E-state index is 0.162. The summed E-state index contributed by atoms with van der Waals surface area (Å²) in [6.07, 6.45) is 3.74. The number of carbonyl (C=O) groups excluding carboxylic acids is 2. The number of nitrogens with one attached hydrogen (secondary N) is 2. The van der Waals surface area contributed by atoms with Crippen LogP contribution >= 0.6 is 11.6 Å². The van der Waals surface area contributed by atoms with Gasteiger partial charge in [0.2, 0.25) is 0 Å². The lowest BCUT2D eigenvalue weighted by Crippen LogP contribution is -2.47. The maximum Gasteiger partial charge on any atom is 0.291 e. The number of hydrogen-bond acceptors (Lipinski definition) is 5. The van der Waals surface area contributed by atoms with Gasteiger partial charge in [0.15, 0.2) is 11.5 Å². The van der Waals surface area contributed by atoms with E-state index in [0.717, 1.165) is 44.7 Å². The van der Waals surface area contributed by atoms with Crippen molar-refractivity contribution in [3.8, 4) is 5.75 Å². The largest absolute Gasteiger partial charge is 0.449 e. The molecule has 2 aliphatic rings. The highest BCUT2D eigenvalue weighted by atomic mass is 35.5. The van der Waals surface area contributed by atoms with Gasteiger partial charge in [-0.1, -0.05) is 30.7 Å². The third kappa shape index (κ3) is 6.38. The summed E-state index contributed by atoms with van der Waals surface area (Å²) in [7, 11) is 0. The summed E-state index contributed by atoms with van der Waals surface area (Å²) in [5.41, 5.74) is 1.73. The Morgan fingerprint density at radius 3 is 2.62 bits per heavy atom. The second kappa shape index (κ2) is 11.5. The summed E-state index contributed by atoms with van der Waals surface area (Å²) in [5, 5.41) is 6.37. The van der Waals surface area contributed by atoms with Gasteiger partial charge in [0, 0.05) is 43.3 Å². The molecular formula is C26H31ClN4O3. The van der Waals surface area contributed by atoms with Crippen molar-refractivity contribution in [3.63, 3.8) is 0 Å². The number of anilines is 1. The average molecular weight is 483 g/mol. The summed E-state index contributed by atoms with van der Waals surface area (Å²) in [6, 6.07) is 12.2.